The number of rotatable bonds is 8. The fraction of sp³-hybridized carbons (Fsp3) is 0.652. The van der Waals surface area contributed by atoms with Crippen molar-refractivity contribution in [2.45, 2.75) is 65.6 Å². The minimum atomic E-state index is -1.19. The third-order valence-corrected chi connectivity index (χ3v) is 6.16. The van der Waals surface area contributed by atoms with Crippen LogP contribution in [0.5, 0.6) is 0 Å². The van der Waals surface area contributed by atoms with E-state index in [1.807, 2.05) is 6.08 Å². The average Bonchev–Trinajstić information content (AvgIpc) is 3.21. The highest BCUT2D eigenvalue weighted by Gasteiger charge is 2.65. The number of hydrogen-bond donors (Lipinski definition) is 0. The first-order chi connectivity index (χ1) is 13.0. The van der Waals surface area contributed by atoms with Crippen LogP contribution in [0.3, 0.4) is 0 Å². The normalized spacial score (nSPS) is 31.5. The van der Waals surface area contributed by atoms with Gasteiger partial charge in [0, 0.05) is 18.4 Å². The third kappa shape index (κ3) is 3.95. The lowest BCUT2D eigenvalue weighted by molar-refractivity contribution is -0.313. The number of nitrogens with zero attached hydrogens (tertiary/aromatic N) is 1. The summed E-state index contributed by atoms with van der Waals surface area (Å²) in [6, 6.07) is 0. The van der Waals surface area contributed by atoms with Crippen molar-refractivity contribution in [3.05, 3.63) is 35.5 Å². The summed E-state index contributed by atoms with van der Waals surface area (Å²) >= 11 is 0. The lowest BCUT2D eigenvalue weighted by Crippen LogP contribution is -2.45. The lowest BCUT2D eigenvalue weighted by atomic mass is 9.77. The van der Waals surface area contributed by atoms with Crippen LogP contribution in [0.1, 0.15) is 53.9 Å². The fourth-order valence-corrected chi connectivity index (χ4v) is 4.70. The Morgan fingerprint density at radius 2 is 2.07 bits per heavy atom. The van der Waals surface area contributed by atoms with Gasteiger partial charge in [0.2, 0.25) is 5.91 Å². The summed E-state index contributed by atoms with van der Waals surface area (Å²) in [6.07, 6.45) is 10.6. The number of likely N-dealkylation sites (tertiary alicyclic amines) is 1. The van der Waals surface area contributed by atoms with E-state index in [0.717, 1.165) is 19.3 Å². The highest BCUT2D eigenvalue weighted by molar-refractivity contribution is 5.90. The van der Waals surface area contributed by atoms with E-state index in [2.05, 4.69) is 46.8 Å². The van der Waals surface area contributed by atoms with Gasteiger partial charge in [0.05, 0.1) is 18.6 Å². The highest BCUT2D eigenvalue weighted by Crippen LogP contribution is 2.52. The van der Waals surface area contributed by atoms with Crippen molar-refractivity contribution in [3.63, 3.8) is 0 Å². The maximum atomic E-state index is 13.0. The van der Waals surface area contributed by atoms with Crippen LogP contribution < -0.4 is 5.11 Å². The molecule has 1 amide bonds. The summed E-state index contributed by atoms with van der Waals surface area (Å²) in [7, 11) is 0. The molecule has 5 heteroatoms. The van der Waals surface area contributed by atoms with Crippen molar-refractivity contribution in [1.29, 1.82) is 0 Å². The average molecular weight is 387 g/mol. The van der Waals surface area contributed by atoms with Crippen LogP contribution in [0.2, 0.25) is 0 Å². The van der Waals surface area contributed by atoms with Gasteiger partial charge in [-0.2, -0.15) is 0 Å². The van der Waals surface area contributed by atoms with Crippen molar-refractivity contribution in [2.24, 2.45) is 17.3 Å². The van der Waals surface area contributed by atoms with E-state index < -0.39 is 29.5 Å². The van der Waals surface area contributed by atoms with Crippen LogP contribution in [-0.4, -0.2) is 41.6 Å². The summed E-state index contributed by atoms with van der Waals surface area (Å²) < 4.78 is 5.92. The molecule has 2 fully saturated rings. The Hall–Kier alpha value is -1.88. The molecule has 2 saturated heterocycles. The summed E-state index contributed by atoms with van der Waals surface area (Å²) in [5.41, 5.74) is 1.82. The van der Waals surface area contributed by atoms with Gasteiger partial charge < -0.3 is 19.5 Å². The molecule has 3 aliphatic rings. The lowest BCUT2D eigenvalue weighted by Gasteiger charge is -2.31. The minimum Gasteiger partial charge on any atom is -0.550 e. The van der Waals surface area contributed by atoms with E-state index in [9.17, 15) is 14.7 Å². The second kappa shape index (κ2) is 7.51. The number of amides is 1. The zero-order chi connectivity index (χ0) is 20.7. The fourth-order valence-electron chi connectivity index (χ4n) is 4.70. The summed E-state index contributed by atoms with van der Waals surface area (Å²) in [4.78, 5) is 26.4. The Labute approximate surface area is 168 Å². The van der Waals surface area contributed by atoms with Gasteiger partial charge in [-0.15, -0.1) is 0 Å². The maximum absolute atomic E-state index is 13.0. The van der Waals surface area contributed by atoms with Crippen molar-refractivity contribution < 1.29 is 19.4 Å². The first-order valence-corrected chi connectivity index (χ1v) is 10.2. The first-order valence-electron chi connectivity index (χ1n) is 10.2. The molecule has 5 nitrogen and oxygen atoms in total. The predicted octanol–water partition coefficient (Wildman–Crippen LogP) is 2.63. The van der Waals surface area contributed by atoms with Crippen LogP contribution in [0.4, 0.5) is 0 Å². The van der Waals surface area contributed by atoms with Crippen LogP contribution in [-0.2, 0) is 14.3 Å². The van der Waals surface area contributed by atoms with E-state index >= 15 is 0 Å². The number of aliphatic carboxylic acids is 1. The van der Waals surface area contributed by atoms with Gasteiger partial charge in [-0.3, -0.25) is 4.79 Å². The number of carboxylic acids is 1. The van der Waals surface area contributed by atoms with Crippen molar-refractivity contribution >= 4 is 11.9 Å². The van der Waals surface area contributed by atoms with Crippen LogP contribution >= 0.6 is 0 Å². The molecule has 154 valence electrons. The number of hydrogen-bond acceptors (Lipinski definition) is 4. The number of ether oxygens (including phenoxy) is 1. The molecule has 0 unspecified atom stereocenters. The quantitative estimate of drug-likeness (QED) is 0.601. The van der Waals surface area contributed by atoms with Gasteiger partial charge >= 0.3 is 0 Å². The molecule has 0 radical (unpaired) electrons. The minimum absolute atomic E-state index is 0.0958. The van der Waals surface area contributed by atoms with Crippen LogP contribution in [0, 0.1) is 17.3 Å². The molecule has 0 aliphatic carbocycles. The molecular formula is C23H32NO4-. The summed E-state index contributed by atoms with van der Waals surface area (Å²) in [6.45, 7) is 11.7. The van der Waals surface area contributed by atoms with Gasteiger partial charge in [-0.25, -0.2) is 0 Å². The molecule has 2 bridgehead atoms. The van der Waals surface area contributed by atoms with E-state index in [1.165, 1.54) is 11.1 Å². The Morgan fingerprint density at radius 3 is 2.71 bits per heavy atom. The van der Waals surface area contributed by atoms with Crippen molar-refractivity contribution in [2.75, 3.05) is 13.1 Å². The Kier molecular flexibility index (Phi) is 5.59. The van der Waals surface area contributed by atoms with Gasteiger partial charge in [0.1, 0.15) is 5.60 Å². The van der Waals surface area contributed by atoms with E-state index in [-0.39, 0.29) is 11.3 Å². The number of carbonyl (C=O) groups is 2. The van der Waals surface area contributed by atoms with Gasteiger partial charge in [-0.05, 0) is 45.4 Å². The molecule has 0 aromatic rings. The number of allylic oxidation sites excluding steroid dienone is 4. The Morgan fingerprint density at radius 1 is 1.36 bits per heavy atom. The Balaban J connectivity index is 1.62. The largest absolute Gasteiger partial charge is 0.550 e. The number of carbonyl (C=O) groups excluding carboxylic acids is 2. The van der Waals surface area contributed by atoms with Gasteiger partial charge in [-0.1, -0.05) is 49.3 Å². The second-order valence-electron chi connectivity index (χ2n) is 9.65. The highest BCUT2D eigenvalue weighted by atomic mass is 16.5. The predicted molar refractivity (Wildman–Crippen MR) is 106 cm³/mol. The van der Waals surface area contributed by atoms with Gasteiger partial charge in [0.15, 0.2) is 0 Å². The van der Waals surface area contributed by atoms with Crippen molar-refractivity contribution in [3.8, 4) is 0 Å². The molecule has 0 aromatic heterocycles. The molecule has 3 aliphatic heterocycles. The van der Waals surface area contributed by atoms with Crippen LogP contribution in [0.15, 0.2) is 35.5 Å². The monoisotopic (exact) mass is 386 g/mol. The first kappa shape index (κ1) is 20.8. The molecule has 0 saturated carbocycles. The Bertz CT molecular complexity index is 744. The summed E-state index contributed by atoms with van der Waals surface area (Å²) in [5, 5.41) is 11.6. The zero-order valence-corrected chi connectivity index (χ0v) is 17.7. The molecule has 3 heterocycles. The number of carboxylic acid groups (broad SMARTS) is 1. The molecule has 0 N–H and O–H groups in total. The number of fused-ring (bicyclic) bond motifs is 1. The smallest absolute Gasteiger partial charge is 0.229 e. The molecular weight excluding hydrogens is 354 g/mol. The SMILES string of the molecule is CC(C)=CCC/C(C)=C/CC(C)(C)CN1C[C@@]23C=C[C@H](O2)[C@@H](C(=O)[O-])[C@H]3C1=O. The topological polar surface area (TPSA) is 69.7 Å². The maximum Gasteiger partial charge on any atom is 0.229 e. The van der Waals surface area contributed by atoms with Crippen LogP contribution in [0.25, 0.3) is 0 Å². The zero-order valence-electron chi connectivity index (χ0n) is 17.7. The van der Waals surface area contributed by atoms with E-state index in [0.29, 0.717) is 13.1 Å². The molecule has 0 aromatic carbocycles. The van der Waals surface area contributed by atoms with E-state index in [1.54, 1.807) is 11.0 Å². The molecule has 3 rings (SSSR count). The molecule has 1 spiro atoms. The molecule has 4 atom stereocenters. The third-order valence-electron chi connectivity index (χ3n) is 6.16. The molecule has 28 heavy (non-hydrogen) atoms. The second-order valence-corrected chi connectivity index (χ2v) is 9.65. The standard InChI is InChI=1S/C23H33NO4/c1-15(2)7-6-8-16(3)9-11-22(4,5)13-24-14-23-12-10-17(28-23)18(21(26)27)19(23)20(24)25/h7,9-10,12,17-19H,6,8,11,13-14H2,1-5H3,(H,26,27)/p-1/b16-9+/t17-,18+,19-,23+/m0/s1. The van der Waals surface area contributed by atoms with E-state index in [4.69, 9.17) is 4.74 Å². The van der Waals surface area contributed by atoms with Crippen molar-refractivity contribution in [1.82, 2.24) is 4.90 Å². The van der Waals surface area contributed by atoms with Gasteiger partial charge in [0.25, 0.3) is 0 Å². The summed E-state index contributed by atoms with van der Waals surface area (Å²) in [5.74, 6) is -2.82.